The van der Waals surface area contributed by atoms with Crippen molar-refractivity contribution in [1.29, 1.82) is 0 Å². The van der Waals surface area contributed by atoms with Gasteiger partial charge in [0, 0.05) is 0 Å². The number of benzene rings is 3. The Bertz CT molecular complexity index is 1340. The summed E-state index contributed by atoms with van der Waals surface area (Å²) in [5, 5.41) is 4.32. The van der Waals surface area contributed by atoms with Gasteiger partial charge in [-0.05, 0) is 54.1 Å². The number of hydrazone groups is 1. The Hall–Kier alpha value is -4.18. The number of hydrogen-bond acceptors (Lipinski definition) is 8. The van der Waals surface area contributed by atoms with Gasteiger partial charge in [-0.2, -0.15) is 5.10 Å². The van der Waals surface area contributed by atoms with Gasteiger partial charge in [0.05, 0.1) is 24.6 Å². The number of methoxy groups -OCH3 is 1. The maximum Gasteiger partial charge on any atom is 0.343 e. The lowest BCUT2D eigenvalue weighted by Gasteiger charge is -2.10. The third-order valence-electron chi connectivity index (χ3n) is 4.45. The summed E-state index contributed by atoms with van der Waals surface area (Å²) in [6.45, 7) is 0. The molecule has 0 unspecified atom stereocenters. The van der Waals surface area contributed by atoms with Crippen molar-refractivity contribution < 1.29 is 27.9 Å². The fraction of sp³-hybridized carbons (Fsp3) is 0.0833. The fourth-order valence-electron chi connectivity index (χ4n) is 2.87. The highest BCUT2D eigenvalue weighted by atomic mass is 32.2. The molecule has 34 heavy (non-hydrogen) atoms. The first-order chi connectivity index (χ1) is 16.5. The summed E-state index contributed by atoms with van der Waals surface area (Å²) in [5.74, 6) is -1.09. The Labute approximate surface area is 197 Å². The van der Waals surface area contributed by atoms with Gasteiger partial charge in [0.15, 0.2) is 17.1 Å². The molecule has 0 saturated carbocycles. The van der Waals surface area contributed by atoms with Gasteiger partial charge in [-0.3, -0.25) is 4.79 Å². The van der Waals surface area contributed by atoms with E-state index in [2.05, 4.69) is 15.5 Å². The molecule has 0 fully saturated rings. The Kier molecular flexibility index (Phi) is 7.19. The van der Waals surface area contributed by atoms with E-state index in [0.29, 0.717) is 16.4 Å². The van der Waals surface area contributed by atoms with Crippen molar-refractivity contribution in [3.63, 3.8) is 0 Å². The summed E-state index contributed by atoms with van der Waals surface area (Å²) < 4.78 is 29.5. The van der Waals surface area contributed by atoms with Gasteiger partial charge >= 0.3 is 5.97 Å². The van der Waals surface area contributed by atoms with Gasteiger partial charge in [-0.25, -0.2) is 19.6 Å². The first-order valence-electron chi connectivity index (χ1n) is 9.98. The predicted octanol–water partition coefficient (Wildman–Crippen LogP) is 4.44. The molecular weight excluding hydrogens is 461 g/mol. The number of rotatable bonds is 8. The molecule has 0 aliphatic carbocycles. The minimum absolute atomic E-state index is 0.0719. The summed E-state index contributed by atoms with van der Waals surface area (Å²) in [7, 11) is 1.42. The number of carbonyl (C=O) groups is 2. The largest absolute Gasteiger partial charge is 0.493 e. The predicted molar refractivity (Wildman–Crippen MR) is 125 cm³/mol. The number of ether oxygens (including phenoxy) is 2. The number of nitrogens with zero attached hydrogens (tertiary/aromatic N) is 2. The normalized spacial score (nSPS) is 11.0. The first-order valence-corrected chi connectivity index (χ1v) is 11.0. The first kappa shape index (κ1) is 23.0. The van der Waals surface area contributed by atoms with Crippen LogP contribution in [0.3, 0.4) is 0 Å². The number of thioether (sulfide) groups is 1. The van der Waals surface area contributed by atoms with Crippen LogP contribution in [0.1, 0.15) is 15.9 Å². The molecule has 0 radical (unpaired) electrons. The van der Waals surface area contributed by atoms with Crippen LogP contribution in [0.4, 0.5) is 4.39 Å². The van der Waals surface area contributed by atoms with Crippen molar-refractivity contribution in [3.8, 4) is 11.5 Å². The molecule has 0 aliphatic heterocycles. The van der Waals surface area contributed by atoms with Crippen LogP contribution in [0, 0.1) is 5.82 Å². The zero-order valence-electron chi connectivity index (χ0n) is 17.9. The van der Waals surface area contributed by atoms with Gasteiger partial charge in [-0.1, -0.05) is 30.0 Å². The fourth-order valence-corrected chi connectivity index (χ4v) is 3.50. The molecule has 0 aliphatic rings. The van der Waals surface area contributed by atoms with Crippen LogP contribution in [-0.4, -0.2) is 35.9 Å². The minimum Gasteiger partial charge on any atom is -0.493 e. The average Bonchev–Trinajstić information content (AvgIpc) is 3.26. The summed E-state index contributed by atoms with van der Waals surface area (Å²) in [5.41, 5.74) is 4.47. The second-order valence-electron chi connectivity index (χ2n) is 6.84. The van der Waals surface area contributed by atoms with E-state index < -0.39 is 11.8 Å². The molecule has 0 saturated heterocycles. The van der Waals surface area contributed by atoms with E-state index in [9.17, 15) is 14.0 Å². The van der Waals surface area contributed by atoms with Crippen LogP contribution in [0.15, 0.2) is 81.5 Å². The Balaban J connectivity index is 1.32. The maximum absolute atomic E-state index is 13.3. The molecular formula is C24H18FN3O5S. The van der Waals surface area contributed by atoms with E-state index in [1.807, 2.05) is 18.2 Å². The monoisotopic (exact) mass is 479 g/mol. The van der Waals surface area contributed by atoms with Crippen LogP contribution in [-0.2, 0) is 4.79 Å². The van der Waals surface area contributed by atoms with Crippen LogP contribution in [0.5, 0.6) is 11.5 Å². The van der Waals surface area contributed by atoms with Crippen LogP contribution in [0.25, 0.3) is 11.1 Å². The number of esters is 1. The van der Waals surface area contributed by atoms with Crippen LogP contribution >= 0.6 is 11.8 Å². The van der Waals surface area contributed by atoms with Crippen molar-refractivity contribution in [2.24, 2.45) is 5.10 Å². The number of hydrogen-bond donors (Lipinski definition) is 1. The number of halogens is 1. The van der Waals surface area contributed by atoms with E-state index in [1.54, 1.807) is 18.2 Å². The molecule has 0 bridgehead atoms. The van der Waals surface area contributed by atoms with Gasteiger partial charge in [0.2, 0.25) is 0 Å². The van der Waals surface area contributed by atoms with Gasteiger partial charge in [-0.15, -0.1) is 0 Å². The molecule has 1 aromatic heterocycles. The quantitative estimate of drug-likeness (QED) is 0.131. The van der Waals surface area contributed by atoms with E-state index in [-0.39, 0.29) is 28.7 Å². The molecule has 172 valence electrons. The molecule has 4 aromatic rings. The lowest BCUT2D eigenvalue weighted by Crippen LogP contribution is -2.19. The average molecular weight is 479 g/mol. The van der Waals surface area contributed by atoms with Gasteiger partial charge < -0.3 is 13.9 Å². The number of fused-ring (bicyclic) bond motifs is 1. The summed E-state index contributed by atoms with van der Waals surface area (Å²) >= 11 is 1.16. The summed E-state index contributed by atoms with van der Waals surface area (Å²) in [6, 6.07) is 17.2. The van der Waals surface area contributed by atoms with Gasteiger partial charge in [0.25, 0.3) is 11.1 Å². The van der Waals surface area contributed by atoms with Crippen molar-refractivity contribution >= 4 is 41.0 Å². The minimum atomic E-state index is -0.720. The summed E-state index contributed by atoms with van der Waals surface area (Å²) in [4.78, 5) is 28.6. The smallest absolute Gasteiger partial charge is 0.343 e. The number of nitrogens with one attached hydrogen (secondary N) is 1. The number of para-hydroxylation sites is 2. The second kappa shape index (κ2) is 10.6. The summed E-state index contributed by atoms with van der Waals surface area (Å²) in [6.07, 6.45) is 1.42. The lowest BCUT2D eigenvalue weighted by atomic mass is 10.2. The van der Waals surface area contributed by atoms with E-state index in [4.69, 9.17) is 13.9 Å². The standard InChI is InChI=1S/C24H18FN3O5S/c1-31-21-11-15(9-10-20(21)32-23(30)16-5-4-6-17(25)12-16)13-26-28-22(29)14-34-24-27-18-7-2-3-8-19(18)33-24/h2-13H,14H2,1H3,(H,28,29)/b26-13-. The zero-order chi connectivity index (χ0) is 23.9. The van der Waals surface area contributed by atoms with E-state index >= 15 is 0 Å². The van der Waals surface area contributed by atoms with Crippen molar-refractivity contribution in [3.05, 3.63) is 83.7 Å². The van der Waals surface area contributed by atoms with Crippen LogP contribution in [0.2, 0.25) is 0 Å². The van der Waals surface area contributed by atoms with Crippen molar-refractivity contribution in [2.75, 3.05) is 12.9 Å². The molecule has 4 rings (SSSR count). The molecule has 1 amide bonds. The highest BCUT2D eigenvalue weighted by molar-refractivity contribution is 7.99. The second-order valence-corrected chi connectivity index (χ2v) is 7.77. The molecule has 10 heteroatoms. The molecule has 0 atom stereocenters. The van der Waals surface area contributed by atoms with Crippen molar-refractivity contribution in [1.82, 2.24) is 10.4 Å². The molecule has 0 spiro atoms. The Morgan fingerprint density at radius 2 is 1.97 bits per heavy atom. The third-order valence-corrected chi connectivity index (χ3v) is 5.28. The molecule has 8 nitrogen and oxygen atoms in total. The lowest BCUT2D eigenvalue weighted by molar-refractivity contribution is -0.118. The molecule has 1 heterocycles. The topological polar surface area (TPSA) is 103 Å². The van der Waals surface area contributed by atoms with E-state index in [0.717, 1.165) is 23.3 Å². The van der Waals surface area contributed by atoms with E-state index in [1.165, 1.54) is 37.6 Å². The number of oxazole rings is 1. The SMILES string of the molecule is COc1cc(/C=N\NC(=O)CSc2nc3ccccc3o2)ccc1OC(=O)c1cccc(F)c1. The van der Waals surface area contributed by atoms with Crippen LogP contribution < -0.4 is 14.9 Å². The number of carbonyl (C=O) groups excluding carboxylic acids is 2. The Morgan fingerprint density at radius 1 is 1.12 bits per heavy atom. The molecule has 3 aromatic carbocycles. The highest BCUT2D eigenvalue weighted by Gasteiger charge is 2.13. The zero-order valence-corrected chi connectivity index (χ0v) is 18.7. The Morgan fingerprint density at radius 3 is 2.76 bits per heavy atom. The maximum atomic E-state index is 13.3. The molecule has 1 N–H and O–H groups in total. The highest BCUT2D eigenvalue weighted by Crippen LogP contribution is 2.28. The van der Waals surface area contributed by atoms with Crippen molar-refractivity contribution in [2.45, 2.75) is 5.22 Å². The number of amides is 1. The third kappa shape index (κ3) is 5.78. The number of aromatic nitrogens is 1. The van der Waals surface area contributed by atoms with Gasteiger partial charge in [0.1, 0.15) is 11.3 Å².